The van der Waals surface area contributed by atoms with E-state index in [9.17, 15) is 0 Å². The minimum atomic E-state index is -0.622. The van der Waals surface area contributed by atoms with Gasteiger partial charge >= 0.3 is 0 Å². The zero-order valence-corrected chi connectivity index (χ0v) is 17.7. The maximum Gasteiger partial charge on any atom is 0.286 e. The Balaban J connectivity index is 2.37. The third-order valence-corrected chi connectivity index (χ3v) is 7.40. The third kappa shape index (κ3) is 3.35. The summed E-state index contributed by atoms with van der Waals surface area (Å²) in [5.41, 5.74) is 4.20. The molecule has 0 spiro atoms. The molecule has 0 saturated carbocycles. The van der Waals surface area contributed by atoms with Crippen molar-refractivity contribution in [2.24, 2.45) is 0 Å². The van der Waals surface area contributed by atoms with Crippen LogP contribution in [0.1, 0.15) is 51.2 Å². The van der Waals surface area contributed by atoms with Crippen LogP contribution in [0.4, 0.5) is 0 Å². The quantitative estimate of drug-likeness (QED) is 0.471. The van der Waals surface area contributed by atoms with Crippen molar-refractivity contribution >= 4 is 24.1 Å². The Hall–Kier alpha value is -1.92. The van der Waals surface area contributed by atoms with Gasteiger partial charge < -0.3 is 0 Å². The van der Waals surface area contributed by atoms with E-state index in [1.807, 2.05) is 0 Å². The minimum Gasteiger partial charge on any atom is -0.225 e. The molecular formula is C23H30N2P+. The van der Waals surface area contributed by atoms with Gasteiger partial charge in [-0.25, -0.2) is 9.13 Å². The zero-order chi connectivity index (χ0) is 18.8. The first-order valence-electron chi connectivity index (χ1n) is 9.46. The Labute approximate surface area is 159 Å². The highest BCUT2D eigenvalue weighted by Crippen LogP contribution is 2.34. The first-order valence-corrected chi connectivity index (χ1v) is 10.8. The molecule has 0 fully saturated rings. The molecule has 0 saturated heterocycles. The fourth-order valence-corrected chi connectivity index (χ4v) is 6.64. The van der Waals surface area contributed by atoms with E-state index in [2.05, 4.69) is 111 Å². The van der Waals surface area contributed by atoms with Crippen LogP contribution in [-0.4, -0.2) is 4.57 Å². The number of aromatic nitrogens is 2. The highest BCUT2D eigenvalue weighted by molar-refractivity contribution is 7.79. The molecule has 3 rings (SSSR count). The van der Waals surface area contributed by atoms with Gasteiger partial charge in [-0.15, -0.1) is 0 Å². The Morgan fingerprint density at radius 1 is 0.769 bits per heavy atom. The van der Waals surface area contributed by atoms with Crippen LogP contribution in [0, 0.1) is 13.8 Å². The second kappa shape index (κ2) is 7.76. The molecule has 0 amide bonds. The summed E-state index contributed by atoms with van der Waals surface area (Å²) in [6.45, 7) is 13.7. The summed E-state index contributed by atoms with van der Waals surface area (Å²) in [5, 5.41) is 2.81. The third-order valence-electron chi connectivity index (χ3n) is 4.94. The Kier molecular flexibility index (Phi) is 5.63. The lowest BCUT2D eigenvalue weighted by Crippen LogP contribution is -2.54. The molecule has 26 heavy (non-hydrogen) atoms. The van der Waals surface area contributed by atoms with Crippen LogP contribution in [0.25, 0.3) is 0 Å². The monoisotopic (exact) mass is 365 g/mol. The molecule has 1 aromatic heterocycles. The lowest BCUT2D eigenvalue weighted by molar-refractivity contribution is -0.704. The molecule has 0 aliphatic carbocycles. The highest BCUT2D eigenvalue weighted by Gasteiger charge is 2.36. The fraction of sp³-hybridized carbons (Fsp3) is 0.348. The van der Waals surface area contributed by atoms with Crippen LogP contribution >= 0.6 is 7.92 Å². The number of nitrogens with zero attached hydrogens (tertiary/aromatic N) is 2. The molecule has 0 atom stereocenters. The van der Waals surface area contributed by atoms with E-state index in [0.717, 1.165) is 0 Å². The van der Waals surface area contributed by atoms with Crippen molar-refractivity contribution in [1.29, 1.82) is 0 Å². The van der Waals surface area contributed by atoms with Crippen molar-refractivity contribution in [3.05, 3.63) is 72.1 Å². The summed E-state index contributed by atoms with van der Waals surface area (Å²) in [6.07, 6.45) is 0. The van der Waals surface area contributed by atoms with E-state index in [1.165, 1.54) is 27.6 Å². The molecule has 0 bridgehead atoms. The summed E-state index contributed by atoms with van der Waals surface area (Å²) < 4.78 is 5.11. The second-order valence-corrected chi connectivity index (χ2v) is 9.51. The number of hydrogen-bond acceptors (Lipinski definition) is 0. The maximum absolute atomic E-state index is 2.56. The molecule has 0 aliphatic rings. The lowest BCUT2D eigenvalue weighted by Gasteiger charge is -2.20. The molecule has 2 aromatic carbocycles. The maximum atomic E-state index is 2.56. The predicted octanol–water partition coefficient (Wildman–Crippen LogP) is 4.31. The summed E-state index contributed by atoms with van der Waals surface area (Å²) in [7, 11) is -0.622. The van der Waals surface area contributed by atoms with Crippen LogP contribution < -0.4 is 20.7 Å². The van der Waals surface area contributed by atoms with Crippen molar-refractivity contribution < 1.29 is 4.57 Å². The number of benzene rings is 2. The first kappa shape index (κ1) is 18.9. The lowest BCUT2D eigenvalue weighted by atomic mass is 10.3. The Morgan fingerprint density at radius 3 is 1.62 bits per heavy atom. The van der Waals surface area contributed by atoms with Crippen LogP contribution in [0.2, 0.25) is 0 Å². The van der Waals surface area contributed by atoms with Crippen molar-refractivity contribution in [2.75, 3.05) is 0 Å². The van der Waals surface area contributed by atoms with E-state index >= 15 is 0 Å². The SMILES string of the molecule is Cc1c(C)[n+](C(C)C)c(P(c2ccccc2)c2ccccc2)n1C(C)C. The average Bonchev–Trinajstić information content (AvgIpc) is 2.88. The average molecular weight is 365 g/mol. The standard InChI is InChI=1S/C23H30N2P/c1-17(2)24-19(5)20(6)25(18(3)4)23(24)26(21-13-9-7-10-14-21)22-15-11-8-12-16-22/h7-18H,1-6H3/q+1. The number of rotatable bonds is 5. The minimum absolute atomic E-state index is 0.432. The first-order chi connectivity index (χ1) is 12.4. The number of hydrogen-bond donors (Lipinski definition) is 0. The molecule has 136 valence electrons. The second-order valence-electron chi connectivity index (χ2n) is 7.40. The van der Waals surface area contributed by atoms with Crippen LogP contribution in [0.15, 0.2) is 60.7 Å². The predicted molar refractivity (Wildman–Crippen MR) is 114 cm³/mol. The van der Waals surface area contributed by atoms with E-state index < -0.39 is 7.92 Å². The van der Waals surface area contributed by atoms with Gasteiger partial charge in [0.25, 0.3) is 5.57 Å². The summed E-state index contributed by atoms with van der Waals surface area (Å²) in [5.74, 6) is 0. The summed E-state index contributed by atoms with van der Waals surface area (Å²) in [4.78, 5) is 0. The normalized spacial score (nSPS) is 11.7. The molecule has 3 heteroatoms. The van der Waals surface area contributed by atoms with E-state index in [0.29, 0.717) is 12.1 Å². The fourth-order valence-electron chi connectivity index (χ4n) is 3.75. The molecule has 0 unspecified atom stereocenters. The van der Waals surface area contributed by atoms with E-state index in [4.69, 9.17) is 0 Å². The van der Waals surface area contributed by atoms with Gasteiger partial charge in [-0.2, -0.15) is 0 Å². The van der Waals surface area contributed by atoms with Gasteiger partial charge in [-0.1, -0.05) is 60.7 Å². The van der Waals surface area contributed by atoms with Crippen molar-refractivity contribution in [3.63, 3.8) is 0 Å². The molecule has 0 radical (unpaired) electrons. The molecule has 3 aromatic rings. The van der Waals surface area contributed by atoms with Crippen molar-refractivity contribution in [2.45, 2.75) is 53.6 Å². The Morgan fingerprint density at radius 2 is 1.23 bits per heavy atom. The van der Waals surface area contributed by atoms with E-state index in [-0.39, 0.29) is 0 Å². The summed E-state index contributed by atoms with van der Waals surface area (Å²) >= 11 is 0. The van der Waals surface area contributed by atoms with Gasteiger partial charge in [0.05, 0.1) is 20.0 Å². The molecule has 1 heterocycles. The molecule has 2 nitrogen and oxygen atoms in total. The van der Waals surface area contributed by atoms with Gasteiger partial charge in [-0.3, -0.25) is 0 Å². The molecule has 0 aliphatic heterocycles. The van der Waals surface area contributed by atoms with Gasteiger partial charge in [-0.05, 0) is 38.3 Å². The van der Waals surface area contributed by atoms with E-state index in [1.54, 1.807) is 0 Å². The number of imidazole rings is 1. The Bertz CT molecular complexity index is 793. The van der Waals surface area contributed by atoms with Gasteiger partial charge in [0, 0.05) is 13.8 Å². The summed E-state index contributed by atoms with van der Waals surface area (Å²) in [6, 6.07) is 22.9. The largest absolute Gasteiger partial charge is 0.286 e. The molecular weight excluding hydrogens is 335 g/mol. The van der Waals surface area contributed by atoms with Crippen molar-refractivity contribution in [3.8, 4) is 0 Å². The van der Waals surface area contributed by atoms with Gasteiger partial charge in [0.1, 0.15) is 11.4 Å². The topological polar surface area (TPSA) is 8.81 Å². The zero-order valence-electron chi connectivity index (χ0n) is 16.8. The van der Waals surface area contributed by atoms with Gasteiger partial charge in [0.15, 0.2) is 0 Å². The highest BCUT2D eigenvalue weighted by atomic mass is 31.1. The smallest absolute Gasteiger partial charge is 0.225 e. The van der Waals surface area contributed by atoms with Crippen LogP contribution in [0.3, 0.4) is 0 Å². The van der Waals surface area contributed by atoms with Gasteiger partial charge in [0.2, 0.25) is 0 Å². The van der Waals surface area contributed by atoms with Crippen LogP contribution in [0.5, 0.6) is 0 Å². The van der Waals surface area contributed by atoms with Crippen molar-refractivity contribution in [1.82, 2.24) is 4.57 Å². The van der Waals surface area contributed by atoms with Crippen LogP contribution in [-0.2, 0) is 0 Å². The molecule has 0 N–H and O–H groups in total.